The zero-order valence-electron chi connectivity index (χ0n) is 18.6. The van der Waals surface area contributed by atoms with Crippen molar-refractivity contribution < 1.29 is 14.3 Å². The minimum Gasteiger partial charge on any atom is -0.378 e. The highest BCUT2D eigenvalue weighted by Crippen LogP contribution is 2.31. The number of aromatic nitrogens is 2. The SMILES string of the molecule is O=C(CC[C@H]1CCCO1)N1CCC(c2[nH]ncc2C(=O)N2CCc3ccccc3C2)CC1. The van der Waals surface area contributed by atoms with Gasteiger partial charge in [-0.15, -0.1) is 0 Å². The van der Waals surface area contributed by atoms with Crippen LogP contribution in [0.4, 0.5) is 0 Å². The smallest absolute Gasteiger partial charge is 0.257 e. The fourth-order valence-corrected chi connectivity index (χ4v) is 5.35. The van der Waals surface area contributed by atoms with Gasteiger partial charge in [-0.05, 0) is 49.7 Å². The van der Waals surface area contributed by atoms with Crippen LogP contribution in [0.1, 0.15) is 71.6 Å². The Bertz CT molecular complexity index is 958. The number of benzene rings is 1. The van der Waals surface area contributed by atoms with Crippen LogP contribution >= 0.6 is 0 Å². The molecule has 5 rings (SSSR count). The van der Waals surface area contributed by atoms with E-state index in [1.54, 1.807) is 6.20 Å². The lowest BCUT2D eigenvalue weighted by atomic mass is 9.90. The molecule has 0 saturated carbocycles. The molecule has 7 heteroatoms. The first-order valence-corrected chi connectivity index (χ1v) is 12.0. The Morgan fingerprint density at radius 2 is 1.88 bits per heavy atom. The van der Waals surface area contributed by atoms with Crippen molar-refractivity contribution in [3.05, 3.63) is 52.8 Å². The Balaban J connectivity index is 1.17. The third-order valence-electron chi connectivity index (χ3n) is 7.28. The monoisotopic (exact) mass is 436 g/mol. The summed E-state index contributed by atoms with van der Waals surface area (Å²) in [6.45, 7) is 3.69. The van der Waals surface area contributed by atoms with Crippen LogP contribution < -0.4 is 0 Å². The topological polar surface area (TPSA) is 78.5 Å². The second-order valence-electron chi connectivity index (χ2n) is 9.27. The zero-order valence-corrected chi connectivity index (χ0v) is 18.6. The van der Waals surface area contributed by atoms with E-state index in [1.165, 1.54) is 11.1 Å². The maximum absolute atomic E-state index is 13.3. The van der Waals surface area contributed by atoms with Crippen LogP contribution in [-0.4, -0.2) is 64.2 Å². The lowest BCUT2D eigenvalue weighted by molar-refractivity contribution is -0.132. The average Bonchev–Trinajstić information content (AvgIpc) is 3.54. The molecule has 4 heterocycles. The molecule has 2 fully saturated rings. The van der Waals surface area contributed by atoms with E-state index < -0.39 is 0 Å². The van der Waals surface area contributed by atoms with E-state index in [9.17, 15) is 9.59 Å². The van der Waals surface area contributed by atoms with Crippen molar-refractivity contribution in [1.82, 2.24) is 20.0 Å². The van der Waals surface area contributed by atoms with Crippen LogP contribution in [0.5, 0.6) is 0 Å². The summed E-state index contributed by atoms with van der Waals surface area (Å²) >= 11 is 0. The third-order valence-corrected chi connectivity index (χ3v) is 7.28. The molecule has 0 unspecified atom stereocenters. The fourth-order valence-electron chi connectivity index (χ4n) is 5.35. The molecular weight excluding hydrogens is 404 g/mol. The van der Waals surface area contributed by atoms with E-state index >= 15 is 0 Å². The molecule has 0 radical (unpaired) electrons. The molecule has 3 aliphatic rings. The van der Waals surface area contributed by atoms with Crippen molar-refractivity contribution in [3.63, 3.8) is 0 Å². The van der Waals surface area contributed by atoms with E-state index in [4.69, 9.17) is 4.74 Å². The van der Waals surface area contributed by atoms with E-state index in [-0.39, 0.29) is 23.8 Å². The number of hydrogen-bond acceptors (Lipinski definition) is 4. The number of H-pyrrole nitrogens is 1. The van der Waals surface area contributed by atoms with Crippen molar-refractivity contribution in [3.8, 4) is 0 Å². The van der Waals surface area contributed by atoms with Gasteiger partial charge in [0.15, 0.2) is 0 Å². The standard InChI is InChI=1S/C25H32N4O3/c30-23(8-7-21-6-3-15-32-21)28-12-10-19(11-13-28)24-22(16-26-27-24)25(31)29-14-9-18-4-1-2-5-20(18)17-29/h1-2,4-5,16,19,21H,3,6-15,17H2,(H,26,27)/t21-/m1/s1. The Morgan fingerprint density at radius 3 is 2.66 bits per heavy atom. The minimum absolute atomic E-state index is 0.0540. The van der Waals surface area contributed by atoms with Gasteiger partial charge in [-0.1, -0.05) is 24.3 Å². The number of nitrogens with zero attached hydrogens (tertiary/aromatic N) is 3. The quantitative estimate of drug-likeness (QED) is 0.780. The number of hydrogen-bond donors (Lipinski definition) is 1. The van der Waals surface area contributed by atoms with Gasteiger partial charge >= 0.3 is 0 Å². The van der Waals surface area contributed by atoms with Gasteiger partial charge in [0.25, 0.3) is 5.91 Å². The molecule has 1 aromatic carbocycles. The maximum Gasteiger partial charge on any atom is 0.257 e. The highest BCUT2D eigenvalue weighted by atomic mass is 16.5. The molecule has 1 atom stereocenters. The third kappa shape index (κ3) is 4.44. The number of amides is 2. The second kappa shape index (κ2) is 9.45. The molecule has 2 saturated heterocycles. The number of carbonyl (C=O) groups excluding carboxylic acids is 2. The van der Waals surface area contributed by atoms with E-state index in [2.05, 4.69) is 28.4 Å². The first-order valence-electron chi connectivity index (χ1n) is 12.0. The maximum atomic E-state index is 13.3. The van der Waals surface area contributed by atoms with E-state index in [0.29, 0.717) is 18.5 Å². The molecule has 1 N–H and O–H groups in total. The van der Waals surface area contributed by atoms with Crippen LogP contribution in [0.3, 0.4) is 0 Å². The molecule has 0 spiro atoms. The van der Waals surface area contributed by atoms with Crippen molar-refractivity contribution in [1.29, 1.82) is 0 Å². The summed E-state index contributed by atoms with van der Waals surface area (Å²) in [7, 11) is 0. The summed E-state index contributed by atoms with van der Waals surface area (Å²) in [5.41, 5.74) is 4.18. The first kappa shape index (κ1) is 21.2. The van der Waals surface area contributed by atoms with Gasteiger partial charge in [0.2, 0.25) is 5.91 Å². The predicted octanol–water partition coefficient (Wildman–Crippen LogP) is 3.27. The van der Waals surface area contributed by atoms with Crippen LogP contribution in [0.15, 0.2) is 30.5 Å². The van der Waals surface area contributed by atoms with E-state index in [1.807, 2.05) is 15.9 Å². The normalized spacial score (nSPS) is 21.6. The van der Waals surface area contributed by atoms with Crippen molar-refractivity contribution >= 4 is 11.8 Å². The van der Waals surface area contributed by atoms with E-state index in [0.717, 1.165) is 70.5 Å². The lowest BCUT2D eigenvalue weighted by Gasteiger charge is -2.33. The number of ether oxygens (including phenoxy) is 1. The highest BCUT2D eigenvalue weighted by molar-refractivity contribution is 5.95. The largest absolute Gasteiger partial charge is 0.378 e. The molecule has 32 heavy (non-hydrogen) atoms. The highest BCUT2D eigenvalue weighted by Gasteiger charge is 2.31. The Kier molecular flexibility index (Phi) is 6.26. The minimum atomic E-state index is 0.0540. The second-order valence-corrected chi connectivity index (χ2v) is 9.27. The zero-order chi connectivity index (χ0) is 21.9. The van der Waals surface area contributed by atoms with Crippen LogP contribution in [0.2, 0.25) is 0 Å². The molecule has 3 aliphatic heterocycles. The summed E-state index contributed by atoms with van der Waals surface area (Å²) in [5.74, 6) is 0.515. The molecule has 0 aliphatic carbocycles. The average molecular weight is 437 g/mol. The molecule has 2 aromatic rings. The van der Waals surface area contributed by atoms with Gasteiger partial charge in [-0.2, -0.15) is 5.10 Å². The summed E-state index contributed by atoms with van der Waals surface area (Å²) in [5, 5.41) is 7.32. The number of rotatable bonds is 5. The number of carbonyl (C=O) groups is 2. The number of fused-ring (bicyclic) bond motifs is 1. The Morgan fingerprint density at radius 1 is 1.06 bits per heavy atom. The number of likely N-dealkylation sites (tertiary alicyclic amines) is 1. The molecule has 0 bridgehead atoms. The van der Waals surface area contributed by atoms with Gasteiger partial charge < -0.3 is 14.5 Å². The lowest BCUT2D eigenvalue weighted by Crippen LogP contribution is -2.39. The molecule has 170 valence electrons. The van der Waals surface area contributed by atoms with Crippen molar-refractivity contribution in [2.45, 2.75) is 63.5 Å². The predicted molar refractivity (Wildman–Crippen MR) is 120 cm³/mol. The van der Waals surface area contributed by atoms with Gasteiger partial charge in [0.1, 0.15) is 0 Å². The summed E-state index contributed by atoms with van der Waals surface area (Å²) in [4.78, 5) is 29.8. The molecular formula is C25H32N4O3. The molecule has 1 aromatic heterocycles. The van der Waals surface area contributed by atoms with Gasteiger partial charge in [-0.25, -0.2) is 0 Å². The first-order chi connectivity index (χ1) is 15.7. The fraction of sp³-hybridized carbons (Fsp3) is 0.560. The molecule has 2 amide bonds. The van der Waals surface area contributed by atoms with Gasteiger partial charge in [0, 0.05) is 45.1 Å². The summed E-state index contributed by atoms with van der Waals surface area (Å²) in [6.07, 6.45) is 8.13. The van der Waals surface area contributed by atoms with Gasteiger partial charge in [0.05, 0.1) is 23.6 Å². The summed E-state index contributed by atoms with van der Waals surface area (Å²) < 4.78 is 5.64. The van der Waals surface area contributed by atoms with Gasteiger partial charge in [-0.3, -0.25) is 14.7 Å². The number of piperidine rings is 1. The number of nitrogens with one attached hydrogen (secondary N) is 1. The number of aromatic amines is 1. The summed E-state index contributed by atoms with van der Waals surface area (Å²) in [6, 6.07) is 8.35. The van der Waals surface area contributed by atoms with Crippen LogP contribution in [-0.2, 0) is 22.5 Å². The molecule has 7 nitrogen and oxygen atoms in total. The van der Waals surface area contributed by atoms with Crippen LogP contribution in [0, 0.1) is 0 Å². The Hall–Kier alpha value is -2.67. The van der Waals surface area contributed by atoms with Crippen molar-refractivity contribution in [2.75, 3.05) is 26.2 Å². The van der Waals surface area contributed by atoms with Crippen LogP contribution in [0.25, 0.3) is 0 Å². The Labute approximate surface area is 189 Å². The van der Waals surface area contributed by atoms with Crippen molar-refractivity contribution in [2.24, 2.45) is 0 Å².